The summed E-state index contributed by atoms with van der Waals surface area (Å²) in [6.07, 6.45) is -5.04. The lowest BCUT2D eigenvalue weighted by molar-refractivity contribution is -0.137. The van der Waals surface area contributed by atoms with Gasteiger partial charge in [-0.3, -0.25) is 14.1 Å². The summed E-state index contributed by atoms with van der Waals surface area (Å²) in [7, 11) is -1.29. The van der Waals surface area contributed by atoms with Crippen LogP contribution in [0, 0.1) is 0 Å². The first-order chi connectivity index (χ1) is 16.2. The third-order valence-corrected chi connectivity index (χ3v) is 6.83. The zero-order valence-electron chi connectivity index (χ0n) is 18.0. The molecule has 1 aliphatic rings. The van der Waals surface area contributed by atoms with Gasteiger partial charge in [0, 0.05) is 43.4 Å². The number of fused-ring (bicyclic) bond motifs is 1. The third-order valence-electron chi connectivity index (χ3n) is 5.50. The largest absolute Gasteiger partial charge is 0.445 e. The molecular weight excluding hydrogens is 475 g/mol. The van der Waals surface area contributed by atoms with Crippen LogP contribution in [0.3, 0.4) is 0 Å². The van der Waals surface area contributed by atoms with E-state index < -0.39 is 34.4 Å². The highest BCUT2D eigenvalue weighted by Gasteiger charge is 2.30. The molecule has 0 aliphatic carbocycles. The van der Waals surface area contributed by atoms with Gasteiger partial charge in [-0.15, -0.1) is 0 Å². The molecule has 3 aromatic rings. The van der Waals surface area contributed by atoms with Gasteiger partial charge < -0.3 is 14.1 Å². The topological polar surface area (TPSA) is 95.9 Å². The third kappa shape index (κ3) is 5.86. The van der Waals surface area contributed by atoms with E-state index >= 15 is 0 Å². The van der Waals surface area contributed by atoms with Gasteiger partial charge in [-0.2, -0.15) is 13.2 Å². The average Bonchev–Trinajstić information content (AvgIpc) is 3.20. The summed E-state index contributed by atoms with van der Waals surface area (Å²) in [5.41, 5.74) is 0.376. The Morgan fingerprint density at radius 3 is 2.62 bits per heavy atom. The summed E-state index contributed by atoms with van der Waals surface area (Å²) >= 11 is 0. The highest BCUT2D eigenvalue weighted by atomic mass is 32.2. The highest BCUT2D eigenvalue weighted by molar-refractivity contribution is 7.85. The average molecular weight is 497 g/mol. The number of amides is 1. The van der Waals surface area contributed by atoms with Crippen LogP contribution in [0.1, 0.15) is 11.1 Å². The van der Waals surface area contributed by atoms with Gasteiger partial charge in [0.2, 0.25) is 0 Å². The van der Waals surface area contributed by atoms with Crippen LogP contribution < -0.4 is 5.76 Å². The van der Waals surface area contributed by atoms with Crippen molar-refractivity contribution >= 4 is 28.0 Å². The van der Waals surface area contributed by atoms with Crippen LogP contribution >= 0.6 is 0 Å². The molecule has 34 heavy (non-hydrogen) atoms. The van der Waals surface area contributed by atoms with Crippen LogP contribution in [0.25, 0.3) is 11.1 Å². The minimum absolute atomic E-state index is 0.243. The molecule has 1 aromatic heterocycles. The van der Waals surface area contributed by atoms with Gasteiger partial charge in [-0.25, -0.2) is 9.59 Å². The van der Waals surface area contributed by atoms with Gasteiger partial charge in [0.05, 0.1) is 21.9 Å². The SMILES string of the molecule is O=C(OCc1cccc(C(F)(F)F)c1)N1CCN(CCS(=O)c2ccc3[nH]c(=O)oc3c2)CC1. The van der Waals surface area contributed by atoms with Gasteiger partial charge >= 0.3 is 18.0 Å². The monoisotopic (exact) mass is 497 g/mol. The number of halogens is 3. The predicted octanol–water partition coefficient (Wildman–Crippen LogP) is 3.20. The number of benzene rings is 2. The summed E-state index contributed by atoms with van der Waals surface area (Å²) in [6, 6.07) is 9.60. The Morgan fingerprint density at radius 2 is 1.88 bits per heavy atom. The molecular formula is C22H22F3N3O5S. The molecule has 1 amide bonds. The number of carbonyl (C=O) groups excluding carboxylic acids is 1. The number of nitrogens with zero attached hydrogens (tertiary/aromatic N) is 2. The molecule has 0 bridgehead atoms. The number of alkyl halides is 3. The smallest absolute Gasteiger partial charge is 0.417 e. The maximum absolute atomic E-state index is 12.8. The van der Waals surface area contributed by atoms with Crippen molar-refractivity contribution in [3.63, 3.8) is 0 Å². The van der Waals surface area contributed by atoms with E-state index in [1.54, 1.807) is 18.2 Å². The number of aromatic amines is 1. The van der Waals surface area contributed by atoms with E-state index in [9.17, 15) is 27.0 Å². The van der Waals surface area contributed by atoms with Gasteiger partial charge in [0.1, 0.15) is 6.61 Å². The molecule has 1 fully saturated rings. The molecule has 12 heteroatoms. The van der Waals surface area contributed by atoms with E-state index in [-0.39, 0.29) is 12.2 Å². The molecule has 0 radical (unpaired) electrons. The van der Waals surface area contributed by atoms with Crippen LogP contribution in [0.4, 0.5) is 18.0 Å². The maximum atomic E-state index is 12.8. The Labute approximate surface area is 194 Å². The summed E-state index contributed by atoms with van der Waals surface area (Å²) in [4.78, 5) is 30.2. The van der Waals surface area contributed by atoms with Crippen LogP contribution in [0.15, 0.2) is 56.6 Å². The summed E-state index contributed by atoms with van der Waals surface area (Å²) < 4.78 is 61.2. The van der Waals surface area contributed by atoms with E-state index in [1.807, 2.05) is 0 Å². The molecule has 0 saturated carbocycles. The van der Waals surface area contributed by atoms with Crippen LogP contribution in [-0.2, 0) is 28.3 Å². The fraction of sp³-hybridized carbons (Fsp3) is 0.364. The minimum atomic E-state index is -4.45. The van der Waals surface area contributed by atoms with E-state index in [4.69, 9.17) is 9.15 Å². The van der Waals surface area contributed by atoms with E-state index in [0.717, 1.165) is 12.1 Å². The molecule has 1 N–H and O–H groups in total. The van der Waals surface area contributed by atoms with Crippen molar-refractivity contribution in [2.75, 3.05) is 38.5 Å². The van der Waals surface area contributed by atoms with Crippen LogP contribution in [0.5, 0.6) is 0 Å². The number of aromatic nitrogens is 1. The number of oxazole rings is 1. The predicted molar refractivity (Wildman–Crippen MR) is 118 cm³/mol. The fourth-order valence-electron chi connectivity index (χ4n) is 3.63. The zero-order chi connectivity index (χ0) is 24.3. The number of hydrogen-bond acceptors (Lipinski definition) is 6. The second-order valence-electron chi connectivity index (χ2n) is 7.80. The van der Waals surface area contributed by atoms with Crippen molar-refractivity contribution in [3.05, 3.63) is 64.1 Å². The summed E-state index contributed by atoms with van der Waals surface area (Å²) in [5, 5.41) is 0. The van der Waals surface area contributed by atoms with Crippen molar-refractivity contribution in [2.24, 2.45) is 0 Å². The maximum Gasteiger partial charge on any atom is 0.417 e. The van der Waals surface area contributed by atoms with E-state index in [0.29, 0.717) is 54.5 Å². The number of hydrogen-bond donors (Lipinski definition) is 1. The number of nitrogens with one attached hydrogen (secondary N) is 1. The first kappa shape index (κ1) is 24.0. The van der Waals surface area contributed by atoms with Crippen LogP contribution in [-0.4, -0.2) is 63.6 Å². The Kier molecular flexibility index (Phi) is 7.08. The Hall–Kier alpha value is -3.12. The minimum Gasteiger partial charge on any atom is -0.445 e. The normalized spacial score (nSPS) is 16.0. The highest BCUT2D eigenvalue weighted by Crippen LogP contribution is 2.29. The summed E-state index contributed by atoms with van der Waals surface area (Å²) in [6.45, 7) is 2.22. The quantitative estimate of drug-likeness (QED) is 0.562. The fourth-order valence-corrected chi connectivity index (χ4v) is 4.74. The van der Waals surface area contributed by atoms with Crippen molar-refractivity contribution in [3.8, 4) is 0 Å². The standard InChI is InChI=1S/C22H22F3N3O5S/c23-22(24,25)16-3-1-2-15(12-16)14-32-21(30)28-8-6-27(7-9-28)10-11-34(31)17-4-5-18-19(13-17)33-20(29)26-18/h1-5,12-13H,6-11,14H2,(H,26,29). The summed E-state index contributed by atoms with van der Waals surface area (Å²) in [5.74, 6) is -0.190. The molecule has 182 valence electrons. The number of H-pyrrole nitrogens is 1. The Balaban J connectivity index is 1.21. The van der Waals surface area contributed by atoms with E-state index in [2.05, 4.69) is 9.88 Å². The van der Waals surface area contributed by atoms with Crippen LogP contribution in [0.2, 0.25) is 0 Å². The number of piperazine rings is 1. The molecule has 2 heterocycles. The molecule has 2 aromatic carbocycles. The van der Waals surface area contributed by atoms with Gasteiger partial charge in [-0.1, -0.05) is 12.1 Å². The Morgan fingerprint density at radius 1 is 1.12 bits per heavy atom. The van der Waals surface area contributed by atoms with Gasteiger partial charge in [0.25, 0.3) is 0 Å². The molecule has 1 atom stereocenters. The first-order valence-electron chi connectivity index (χ1n) is 10.5. The lowest BCUT2D eigenvalue weighted by atomic mass is 10.1. The molecule has 0 spiro atoms. The second kappa shape index (κ2) is 10.0. The van der Waals surface area contributed by atoms with Crippen molar-refractivity contribution < 1.29 is 31.3 Å². The van der Waals surface area contributed by atoms with Crippen molar-refractivity contribution in [2.45, 2.75) is 17.7 Å². The number of carbonyl (C=O) groups is 1. The molecule has 1 aliphatic heterocycles. The molecule has 8 nitrogen and oxygen atoms in total. The second-order valence-corrected chi connectivity index (χ2v) is 9.37. The Bertz CT molecular complexity index is 1250. The molecule has 1 saturated heterocycles. The lowest BCUT2D eigenvalue weighted by Crippen LogP contribution is -2.49. The zero-order valence-corrected chi connectivity index (χ0v) is 18.8. The molecule has 4 rings (SSSR count). The van der Waals surface area contributed by atoms with Crippen molar-refractivity contribution in [1.82, 2.24) is 14.8 Å². The van der Waals surface area contributed by atoms with E-state index in [1.165, 1.54) is 17.0 Å². The lowest BCUT2D eigenvalue weighted by Gasteiger charge is -2.33. The number of rotatable bonds is 6. The first-order valence-corrected chi connectivity index (χ1v) is 11.8. The van der Waals surface area contributed by atoms with Crippen molar-refractivity contribution in [1.29, 1.82) is 0 Å². The van der Waals surface area contributed by atoms with Gasteiger partial charge in [-0.05, 0) is 35.9 Å². The number of ether oxygens (including phenoxy) is 1. The van der Waals surface area contributed by atoms with Gasteiger partial charge in [0.15, 0.2) is 5.58 Å². The molecule has 1 unspecified atom stereocenters.